The van der Waals surface area contributed by atoms with Crippen molar-refractivity contribution < 1.29 is 18.7 Å². The number of esters is 1. The average molecular weight is 402 g/mol. The topological polar surface area (TPSA) is 58.6 Å². The predicted octanol–water partition coefficient (Wildman–Crippen LogP) is 4.92. The molecule has 1 aromatic carbocycles. The lowest BCUT2D eigenvalue weighted by Crippen LogP contribution is -2.35. The third-order valence-electron chi connectivity index (χ3n) is 5.56. The summed E-state index contributed by atoms with van der Waals surface area (Å²) in [6, 6.07) is 6.00. The van der Waals surface area contributed by atoms with Crippen molar-refractivity contribution in [2.75, 3.05) is 19.0 Å². The first kappa shape index (κ1) is 18.9. The molecule has 0 bridgehead atoms. The number of urea groups is 1. The van der Waals surface area contributed by atoms with E-state index in [2.05, 4.69) is 5.32 Å². The van der Waals surface area contributed by atoms with Gasteiger partial charge in [0.1, 0.15) is 10.8 Å². The monoisotopic (exact) mass is 402 g/mol. The molecule has 2 aliphatic rings. The smallest absolute Gasteiger partial charge is 0.341 e. The number of nitrogens with zero attached hydrogens (tertiary/aromatic N) is 1. The Balaban J connectivity index is 1.61. The second kappa shape index (κ2) is 7.91. The summed E-state index contributed by atoms with van der Waals surface area (Å²) >= 11 is 1.46. The highest BCUT2D eigenvalue weighted by Crippen LogP contribution is 2.40. The Morgan fingerprint density at radius 2 is 2.00 bits per heavy atom. The zero-order valence-corrected chi connectivity index (χ0v) is 16.6. The van der Waals surface area contributed by atoms with Crippen molar-refractivity contribution in [1.29, 1.82) is 0 Å². The zero-order valence-electron chi connectivity index (χ0n) is 15.8. The number of anilines is 1. The number of halogens is 1. The van der Waals surface area contributed by atoms with Gasteiger partial charge in [-0.25, -0.2) is 14.0 Å². The molecule has 1 saturated heterocycles. The Morgan fingerprint density at radius 3 is 2.79 bits per heavy atom. The molecule has 148 valence electrons. The van der Waals surface area contributed by atoms with E-state index in [9.17, 15) is 14.0 Å². The largest absolute Gasteiger partial charge is 0.465 e. The van der Waals surface area contributed by atoms with Crippen LogP contribution >= 0.6 is 11.3 Å². The van der Waals surface area contributed by atoms with Gasteiger partial charge in [-0.2, -0.15) is 0 Å². The number of aryl methyl sites for hydroxylation is 1. The van der Waals surface area contributed by atoms with Crippen molar-refractivity contribution in [1.82, 2.24) is 4.90 Å². The highest BCUT2D eigenvalue weighted by Gasteiger charge is 2.33. The minimum absolute atomic E-state index is 0.294. The zero-order chi connectivity index (χ0) is 19.7. The molecular formula is C21H23FN2O3S. The molecule has 1 fully saturated rings. The third-order valence-corrected chi connectivity index (χ3v) is 6.77. The van der Waals surface area contributed by atoms with Crippen molar-refractivity contribution in [3.63, 3.8) is 0 Å². The van der Waals surface area contributed by atoms with Gasteiger partial charge in [0.15, 0.2) is 0 Å². The molecule has 5 nitrogen and oxygen atoms in total. The molecule has 2 aromatic rings. The van der Waals surface area contributed by atoms with E-state index >= 15 is 0 Å². The molecule has 28 heavy (non-hydrogen) atoms. The van der Waals surface area contributed by atoms with Crippen LogP contribution in [0.15, 0.2) is 24.3 Å². The van der Waals surface area contributed by atoms with E-state index in [4.69, 9.17) is 4.74 Å². The normalized spacial score (nSPS) is 18.6. The van der Waals surface area contributed by atoms with E-state index < -0.39 is 5.97 Å². The number of amides is 2. The number of rotatable bonds is 3. The Bertz CT molecular complexity index is 911. The van der Waals surface area contributed by atoms with Gasteiger partial charge in [0, 0.05) is 17.0 Å². The van der Waals surface area contributed by atoms with Crippen LogP contribution in [0.3, 0.4) is 0 Å². The van der Waals surface area contributed by atoms with E-state index in [1.807, 2.05) is 0 Å². The first-order chi connectivity index (χ1) is 13.6. The van der Waals surface area contributed by atoms with Crippen LogP contribution in [-0.2, 0) is 17.6 Å². The first-order valence-electron chi connectivity index (χ1n) is 9.65. The van der Waals surface area contributed by atoms with Gasteiger partial charge >= 0.3 is 12.0 Å². The lowest BCUT2D eigenvalue weighted by molar-refractivity contribution is 0.0601. The van der Waals surface area contributed by atoms with E-state index in [1.54, 1.807) is 23.1 Å². The Morgan fingerprint density at radius 1 is 1.21 bits per heavy atom. The fourth-order valence-electron chi connectivity index (χ4n) is 4.22. The van der Waals surface area contributed by atoms with Gasteiger partial charge in [-0.05, 0) is 50.2 Å². The Kier molecular flexibility index (Phi) is 5.35. The second-order valence-corrected chi connectivity index (χ2v) is 8.31. The summed E-state index contributed by atoms with van der Waals surface area (Å²) in [5.74, 6) is -0.712. The number of carbonyl (C=O) groups is 2. The minimum Gasteiger partial charge on any atom is -0.465 e. The molecule has 1 N–H and O–H groups in total. The van der Waals surface area contributed by atoms with Crippen LogP contribution in [0.1, 0.15) is 58.1 Å². The molecule has 7 heteroatoms. The number of benzene rings is 1. The SMILES string of the molecule is COC(=O)c1c(NC(=O)N2CCC[C@@H]2c2ccccc2F)sc2c1CCCC2. The fourth-order valence-corrected chi connectivity index (χ4v) is 5.49. The van der Waals surface area contributed by atoms with Crippen molar-refractivity contribution in [3.8, 4) is 0 Å². The van der Waals surface area contributed by atoms with Crippen molar-refractivity contribution >= 4 is 28.3 Å². The van der Waals surface area contributed by atoms with Gasteiger partial charge in [0.05, 0.1) is 18.7 Å². The van der Waals surface area contributed by atoms with Gasteiger partial charge in [-0.1, -0.05) is 18.2 Å². The maximum absolute atomic E-state index is 14.3. The van der Waals surface area contributed by atoms with Gasteiger partial charge < -0.3 is 9.64 Å². The maximum atomic E-state index is 14.3. The quantitative estimate of drug-likeness (QED) is 0.741. The standard InChI is InChI=1S/C21H23FN2O3S/c1-27-20(25)18-14-8-3-5-11-17(14)28-19(18)23-21(26)24-12-6-10-16(24)13-7-2-4-9-15(13)22/h2,4,7,9,16H,3,5-6,8,10-12H2,1H3,(H,23,26)/t16-/m1/s1. The summed E-state index contributed by atoms with van der Waals surface area (Å²) in [5.41, 5.74) is 2.02. The van der Waals surface area contributed by atoms with Crippen molar-refractivity contribution in [2.24, 2.45) is 0 Å². The van der Waals surface area contributed by atoms with Crippen molar-refractivity contribution in [2.45, 2.75) is 44.6 Å². The van der Waals surface area contributed by atoms with Crippen LogP contribution in [0.5, 0.6) is 0 Å². The molecule has 0 saturated carbocycles. The number of fused-ring (bicyclic) bond motifs is 1. The van der Waals surface area contributed by atoms with Gasteiger partial charge in [-0.3, -0.25) is 5.32 Å². The summed E-state index contributed by atoms with van der Waals surface area (Å²) in [5, 5.41) is 3.47. The molecule has 0 radical (unpaired) electrons. The van der Waals surface area contributed by atoms with Crippen LogP contribution in [0.25, 0.3) is 0 Å². The van der Waals surface area contributed by atoms with Gasteiger partial charge in [-0.15, -0.1) is 11.3 Å². The van der Waals surface area contributed by atoms with E-state index in [0.717, 1.165) is 49.0 Å². The van der Waals surface area contributed by atoms with E-state index in [-0.39, 0.29) is 17.9 Å². The highest BCUT2D eigenvalue weighted by molar-refractivity contribution is 7.17. The third kappa shape index (κ3) is 3.39. The number of thiophene rings is 1. The van der Waals surface area contributed by atoms with Crippen LogP contribution < -0.4 is 5.32 Å². The summed E-state index contributed by atoms with van der Waals surface area (Å²) in [6.07, 6.45) is 5.40. The van der Waals surface area contributed by atoms with E-state index in [0.29, 0.717) is 22.7 Å². The number of ether oxygens (including phenoxy) is 1. The van der Waals surface area contributed by atoms with Crippen molar-refractivity contribution in [3.05, 3.63) is 51.7 Å². The maximum Gasteiger partial charge on any atom is 0.341 e. The van der Waals surface area contributed by atoms with Crippen LogP contribution in [-0.4, -0.2) is 30.6 Å². The number of carbonyl (C=O) groups excluding carboxylic acids is 2. The van der Waals surface area contributed by atoms with Crippen LogP contribution in [0.2, 0.25) is 0 Å². The number of nitrogens with one attached hydrogen (secondary N) is 1. The second-order valence-electron chi connectivity index (χ2n) is 7.21. The van der Waals surface area contributed by atoms with Gasteiger partial charge in [0.2, 0.25) is 0 Å². The van der Waals surface area contributed by atoms with Crippen LogP contribution in [0.4, 0.5) is 14.2 Å². The molecule has 1 atom stereocenters. The lowest BCUT2D eigenvalue weighted by Gasteiger charge is -2.25. The lowest BCUT2D eigenvalue weighted by atomic mass is 9.95. The number of methoxy groups -OCH3 is 1. The molecule has 1 aromatic heterocycles. The molecule has 1 aliphatic carbocycles. The summed E-state index contributed by atoms with van der Waals surface area (Å²) in [6.45, 7) is 0.559. The molecule has 4 rings (SSSR count). The predicted molar refractivity (Wildman–Crippen MR) is 106 cm³/mol. The first-order valence-corrected chi connectivity index (χ1v) is 10.5. The molecule has 2 heterocycles. The molecule has 0 unspecified atom stereocenters. The number of hydrogen-bond acceptors (Lipinski definition) is 4. The fraction of sp³-hybridized carbons (Fsp3) is 0.429. The molecule has 2 amide bonds. The number of likely N-dealkylation sites (tertiary alicyclic amines) is 1. The summed E-state index contributed by atoms with van der Waals surface area (Å²) in [4.78, 5) is 28.2. The highest BCUT2D eigenvalue weighted by atomic mass is 32.1. The number of hydrogen-bond donors (Lipinski definition) is 1. The molecular weight excluding hydrogens is 379 g/mol. The summed E-state index contributed by atoms with van der Waals surface area (Å²) in [7, 11) is 1.36. The van der Waals surface area contributed by atoms with E-state index in [1.165, 1.54) is 24.5 Å². The average Bonchev–Trinajstić information content (AvgIpc) is 3.32. The minimum atomic E-state index is -0.415. The molecule has 0 spiro atoms. The Hall–Kier alpha value is -2.41. The summed E-state index contributed by atoms with van der Waals surface area (Å²) < 4.78 is 19.2. The van der Waals surface area contributed by atoms with Gasteiger partial charge in [0.25, 0.3) is 0 Å². The Labute approximate surface area is 167 Å². The van der Waals surface area contributed by atoms with Crippen LogP contribution in [0, 0.1) is 5.82 Å². The molecule has 1 aliphatic heterocycles.